The predicted molar refractivity (Wildman–Crippen MR) is 244 cm³/mol. The third kappa shape index (κ3) is 8.40. The van der Waals surface area contributed by atoms with Gasteiger partial charge in [-0.2, -0.15) is 0 Å². The van der Waals surface area contributed by atoms with Gasteiger partial charge in [0.05, 0.1) is 59.9 Å². The Morgan fingerprint density at radius 2 is 0.754 bits per heavy atom. The first-order chi connectivity index (χ1) is 31.2. The van der Waals surface area contributed by atoms with Crippen LogP contribution in [0.15, 0.2) is 0 Å². The van der Waals surface area contributed by atoms with Crippen molar-refractivity contribution in [2.24, 2.45) is 70.5 Å². The lowest BCUT2D eigenvalue weighted by Gasteiger charge is -2.47. The topological polar surface area (TPSA) is 131 Å². The van der Waals surface area contributed by atoms with Gasteiger partial charge in [0.2, 0.25) is 35.4 Å². The van der Waals surface area contributed by atoms with E-state index in [2.05, 4.69) is 34.6 Å². The summed E-state index contributed by atoms with van der Waals surface area (Å²) in [6.07, 6.45) is 22.5. The highest BCUT2D eigenvalue weighted by atomic mass is 16.5. The molecule has 0 radical (unpaired) electrons. The highest BCUT2D eigenvalue weighted by Crippen LogP contribution is 2.51. The van der Waals surface area contributed by atoms with Crippen molar-refractivity contribution in [1.29, 1.82) is 0 Å². The molecule has 7 aliphatic carbocycles. The SMILES string of the molecule is CC1CCC2C(=O)N(C3CCCC(N4C(=O)C5CCC(OC6CCC(C(C)(C)C7CCC(OC8CCC9C(=O)N(C%10C(C)CCCC%10C)C(=O)C9C8)CC7)CC6)CC5C4=O)C3)C(=O)C2C1. The average molecular weight is 900 g/mol. The van der Waals surface area contributed by atoms with Crippen LogP contribution in [0.25, 0.3) is 0 Å². The summed E-state index contributed by atoms with van der Waals surface area (Å²) in [5.41, 5.74) is 0.226. The Morgan fingerprint density at radius 1 is 0.385 bits per heavy atom. The van der Waals surface area contributed by atoms with Gasteiger partial charge in [-0.3, -0.25) is 43.5 Å². The summed E-state index contributed by atoms with van der Waals surface area (Å²) < 4.78 is 13.6. The van der Waals surface area contributed by atoms with Crippen LogP contribution < -0.4 is 0 Å². The van der Waals surface area contributed by atoms with Gasteiger partial charge in [0.15, 0.2) is 0 Å². The second-order valence-corrected chi connectivity index (χ2v) is 24.5. The summed E-state index contributed by atoms with van der Waals surface area (Å²) in [7, 11) is 0. The third-order valence-corrected chi connectivity index (χ3v) is 20.4. The van der Waals surface area contributed by atoms with Gasteiger partial charge in [-0.1, -0.05) is 41.0 Å². The molecule has 10 aliphatic rings. The van der Waals surface area contributed by atoms with Crippen LogP contribution in [-0.2, 0) is 38.2 Å². The Bertz CT molecular complexity index is 1840. The van der Waals surface area contributed by atoms with E-state index in [0.29, 0.717) is 55.3 Å². The number of hydrogen-bond donors (Lipinski definition) is 0. The Hall–Kier alpha value is -2.66. The molecule has 0 aromatic carbocycles. The molecule has 3 aliphatic heterocycles. The fraction of sp³-hybridized carbons (Fsp3) is 0.889. The second-order valence-electron chi connectivity index (χ2n) is 24.5. The smallest absolute Gasteiger partial charge is 0.233 e. The summed E-state index contributed by atoms with van der Waals surface area (Å²) in [5.74, 6) is 1.21. The van der Waals surface area contributed by atoms with Crippen LogP contribution in [0.1, 0.15) is 189 Å². The number of carbonyl (C=O) groups excluding carboxylic acids is 6. The van der Waals surface area contributed by atoms with Gasteiger partial charge in [-0.05, 0) is 183 Å². The summed E-state index contributed by atoms with van der Waals surface area (Å²) >= 11 is 0. The number of nitrogens with zero attached hydrogens (tertiary/aromatic N) is 3. The summed E-state index contributed by atoms with van der Waals surface area (Å²) in [4.78, 5) is 87.5. The van der Waals surface area contributed by atoms with E-state index in [-0.39, 0.29) is 119 Å². The number of carbonyl (C=O) groups is 6. The first-order valence-corrected chi connectivity index (χ1v) is 27.1. The van der Waals surface area contributed by atoms with Crippen molar-refractivity contribution in [2.45, 2.75) is 231 Å². The standard InChI is InChI=1S/C54H81N3O8/c1-30-12-23-41-44(26-30)51(61)55(48(41)58)35-10-7-11-36(27-35)56-49(59)42-24-21-39(28-45(42)52(56)62)64-37-17-13-33(14-18-37)54(4,5)34-15-19-38(20-16-34)65-40-22-25-43-46(29-40)53(63)57(50(43)60)47-31(2)8-6-9-32(47)3/h30-47H,6-29H2,1-5H3. The minimum absolute atomic E-state index is 0.00646. The van der Waals surface area contributed by atoms with Gasteiger partial charge in [-0.15, -0.1) is 0 Å². The molecule has 13 unspecified atom stereocenters. The largest absolute Gasteiger partial charge is 0.375 e. The number of likely N-dealkylation sites (tertiary alicyclic amines) is 3. The van der Waals surface area contributed by atoms with E-state index in [4.69, 9.17) is 9.47 Å². The van der Waals surface area contributed by atoms with Gasteiger partial charge in [0, 0.05) is 18.1 Å². The Morgan fingerprint density at radius 3 is 1.23 bits per heavy atom. The summed E-state index contributed by atoms with van der Waals surface area (Å²) in [6.45, 7) is 11.6. The van der Waals surface area contributed by atoms with Crippen molar-refractivity contribution in [3.05, 3.63) is 0 Å². The van der Waals surface area contributed by atoms with Crippen LogP contribution in [-0.4, -0.2) is 92.7 Å². The lowest BCUT2D eigenvalue weighted by molar-refractivity contribution is -0.148. The molecule has 3 heterocycles. The van der Waals surface area contributed by atoms with Crippen LogP contribution in [0.4, 0.5) is 0 Å². The molecule has 11 heteroatoms. The molecule has 65 heavy (non-hydrogen) atoms. The van der Waals surface area contributed by atoms with E-state index in [0.717, 1.165) is 109 Å². The Labute approximate surface area is 388 Å². The average Bonchev–Trinajstić information content (AvgIpc) is 3.80. The van der Waals surface area contributed by atoms with Gasteiger partial charge < -0.3 is 9.47 Å². The molecule has 0 spiro atoms. The maximum Gasteiger partial charge on any atom is 0.233 e. The number of hydrogen-bond acceptors (Lipinski definition) is 8. The molecule has 0 N–H and O–H groups in total. The van der Waals surface area contributed by atoms with E-state index >= 15 is 0 Å². The molecule has 13 atom stereocenters. The fourth-order valence-corrected chi connectivity index (χ4v) is 16.6. The Kier molecular flexibility index (Phi) is 13.0. The van der Waals surface area contributed by atoms with Crippen molar-refractivity contribution in [1.82, 2.24) is 14.7 Å². The molecule has 0 aromatic heterocycles. The van der Waals surface area contributed by atoms with Crippen molar-refractivity contribution in [3.8, 4) is 0 Å². The zero-order valence-electron chi connectivity index (χ0n) is 40.5. The number of amides is 6. The maximum absolute atomic E-state index is 14.1. The molecule has 0 bridgehead atoms. The molecule has 3 saturated heterocycles. The fourth-order valence-electron chi connectivity index (χ4n) is 16.6. The number of rotatable bonds is 9. The molecule has 11 nitrogen and oxygen atoms in total. The zero-order chi connectivity index (χ0) is 45.5. The van der Waals surface area contributed by atoms with E-state index in [9.17, 15) is 28.8 Å². The van der Waals surface area contributed by atoms with E-state index in [1.54, 1.807) is 14.7 Å². The van der Waals surface area contributed by atoms with E-state index in [1.165, 1.54) is 19.3 Å². The molecular formula is C54H81N3O8. The molecule has 7 saturated carbocycles. The second kappa shape index (κ2) is 18.3. The highest BCUT2D eigenvalue weighted by molar-refractivity contribution is 6.07. The van der Waals surface area contributed by atoms with Gasteiger partial charge in [0.1, 0.15) is 0 Å². The number of imide groups is 3. The lowest BCUT2D eigenvalue weighted by atomic mass is 9.60. The third-order valence-electron chi connectivity index (χ3n) is 20.4. The minimum Gasteiger partial charge on any atom is -0.375 e. The van der Waals surface area contributed by atoms with Crippen LogP contribution in [0, 0.1) is 70.5 Å². The van der Waals surface area contributed by atoms with Crippen molar-refractivity contribution >= 4 is 35.4 Å². The molecule has 10 rings (SSSR count). The Balaban J connectivity index is 0.666. The molecule has 360 valence electrons. The van der Waals surface area contributed by atoms with Crippen molar-refractivity contribution in [2.75, 3.05) is 0 Å². The van der Waals surface area contributed by atoms with Crippen LogP contribution in [0.2, 0.25) is 0 Å². The highest BCUT2D eigenvalue weighted by Gasteiger charge is 2.57. The van der Waals surface area contributed by atoms with Crippen LogP contribution in [0.3, 0.4) is 0 Å². The minimum atomic E-state index is -0.329. The first-order valence-electron chi connectivity index (χ1n) is 27.1. The molecule has 10 fully saturated rings. The van der Waals surface area contributed by atoms with Gasteiger partial charge in [-0.25, -0.2) is 0 Å². The predicted octanol–water partition coefficient (Wildman–Crippen LogP) is 9.03. The first kappa shape index (κ1) is 46.1. The number of ether oxygens (including phenoxy) is 2. The summed E-state index contributed by atoms with van der Waals surface area (Å²) in [6, 6.07) is -0.413. The molecule has 6 amide bonds. The van der Waals surface area contributed by atoms with Gasteiger partial charge >= 0.3 is 0 Å². The van der Waals surface area contributed by atoms with Crippen molar-refractivity contribution < 1.29 is 38.2 Å². The molecule has 0 aromatic rings. The quantitative estimate of drug-likeness (QED) is 0.210. The summed E-state index contributed by atoms with van der Waals surface area (Å²) in [5, 5.41) is 0. The monoisotopic (exact) mass is 900 g/mol. The van der Waals surface area contributed by atoms with E-state index in [1.807, 2.05) is 0 Å². The maximum atomic E-state index is 14.1. The van der Waals surface area contributed by atoms with Crippen LogP contribution >= 0.6 is 0 Å². The normalized spacial score (nSPS) is 45.3. The lowest BCUT2D eigenvalue weighted by Crippen LogP contribution is -2.50. The van der Waals surface area contributed by atoms with Crippen LogP contribution in [0.5, 0.6) is 0 Å². The van der Waals surface area contributed by atoms with E-state index < -0.39 is 0 Å². The van der Waals surface area contributed by atoms with Crippen molar-refractivity contribution in [3.63, 3.8) is 0 Å². The zero-order valence-corrected chi connectivity index (χ0v) is 40.5. The van der Waals surface area contributed by atoms with Gasteiger partial charge in [0.25, 0.3) is 0 Å². The number of fused-ring (bicyclic) bond motifs is 3. The molecular weight excluding hydrogens is 819 g/mol.